The number of aliphatic hydroxyl groups excluding tert-OH is 2. The van der Waals surface area contributed by atoms with Crippen molar-refractivity contribution in [1.82, 2.24) is 0 Å². The average Bonchev–Trinajstić information content (AvgIpc) is 2.92. The fraction of sp³-hybridized carbons (Fsp3) is 0.810. The van der Waals surface area contributed by atoms with Gasteiger partial charge in [0.1, 0.15) is 12.8 Å². The summed E-state index contributed by atoms with van der Waals surface area (Å²) >= 11 is 0. The molecular weight excluding hydrogens is 335 g/mol. The van der Waals surface area contributed by atoms with Crippen molar-refractivity contribution in [2.45, 2.75) is 64.6 Å². The summed E-state index contributed by atoms with van der Waals surface area (Å²) in [5.74, 6) is -0.263. The van der Waals surface area contributed by atoms with Gasteiger partial charge in [0.05, 0.1) is 6.10 Å². The molecule has 1 unspecified atom stereocenters. The molecule has 4 nitrogen and oxygen atoms in total. The van der Waals surface area contributed by atoms with E-state index in [9.17, 15) is 19.8 Å². The summed E-state index contributed by atoms with van der Waals surface area (Å²) in [7, 11) is 0. The number of halogens is 1. The second-order valence-electron chi connectivity index (χ2n) is 9.51. The van der Waals surface area contributed by atoms with Crippen molar-refractivity contribution < 1.29 is 24.2 Å². The first-order chi connectivity index (χ1) is 12.2. The van der Waals surface area contributed by atoms with Gasteiger partial charge in [-0.2, -0.15) is 0 Å². The zero-order chi connectivity index (χ0) is 18.9. The van der Waals surface area contributed by atoms with E-state index >= 15 is 4.39 Å². The number of alkyl halides is 1. The van der Waals surface area contributed by atoms with Crippen LogP contribution in [0.1, 0.15) is 52.4 Å². The highest BCUT2D eigenvalue weighted by Crippen LogP contribution is 2.66. The Morgan fingerprint density at radius 3 is 2.77 bits per heavy atom. The average molecular weight is 364 g/mol. The van der Waals surface area contributed by atoms with Crippen molar-refractivity contribution in [2.24, 2.45) is 34.5 Å². The third-order valence-electron chi connectivity index (χ3n) is 8.41. The number of aliphatic hydroxyl groups is 2. The lowest BCUT2D eigenvalue weighted by Gasteiger charge is -2.60. The normalized spacial score (nSPS) is 50.5. The number of fused-ring (bicyclic) bond motifs is 5. The van der Waals surface area contributed by atoms with Crippen molar-refractivity contribution in [2.75, 3.05) is 6.61 Å². The van der Waals surface area contributed by atoms with E-state index in [0.717, 1.165) is 6.42 Å². The van der Waals surface area contributed by atoms with Crippen molar-refractivity contribution in [3.05, 3.63) is 11.6 Å². The zero-order valence-corrected chi connectivity index (χ0v) is 15.6. The summed E-state index contributed by atoms with van der Waals surface area (Å²) in [5.41, 5.74) is -0.267. The van der Waals surface area contributed by atoms with Crippen LogP contribution in [-0.2, 0) is 9.59 Å². The molecule has 4 rings (SSSR count). The van der Waals surface area contributed by atoms with Crippen LogP contribution in [0.4, 0.5) is 4.39 Å². The summed E-state index contributed by atoms with van der Waals surface area (Å²) in [6.45, 7) is 3.61. The molecule has 0 radical (unpaired) electrons. The van der Waals surface area contributed by atoms with Crippen molar-refractivity contribution in [3.63, 3.8) is 0 Å². The summed E-state index contributed by atoms with van der Waals surface area (Å²) in [6, 6.07) is 0. The number of hydrogen-bond acceptors (Lipinski definition) is 4. The number of ketones is 2. The van der Waals surface area contributed by atoms with Crippen LogP contribution in [-0.4, -0.2) is 40.7 Å². The molecule has 2 N–H and O–H groups in total. The van der Waals surface area contributed by atoms with Crippen LogP contribution in [0.2, 0.25) is 0 Å². The quantitative estimate of drug-likeness (QED) is 0.790. The molecule has 3 fully saturated rings. The Hall–Kier alpha value is -1.07. The Balaban J connectivity index is 1.74. The predicted molar refractivity (Wildman–Crippen MR) is 94.0 cm³/mol. The Morgan fingerprint density at radius 2 is 2.08 bits per heavy atom. The number of rotatable bonds is 2. The molecule has 0 amide bonds. The van der Waals surface area contributed by atoms with Gasteiger partial charge in [-0.3, -0.25) is 9.59 Å². The fourth-order valence-corrected chi connectivity index (χ4v) is 7.33. The maximum absolute atomic E-state index is 15.1. The molecule has 0 saturated heterocycles. The highest BCUT2D eigenvalue weighted by atomic mass is 19.1. The molecule has 4 aliphatic carbocycles. The van der Waals surface area contributed by atoms with E-state index in [-0.39, 0.29) is 40.7 Å². The monoisotopic (exact) mass is 364 g/mol. The molecule has 0 bridgehead atoms. The van der Waals surface area contributed by atoms with Gasteiger partial charge in [-0.15, -0.1) is 0 Å². The molecule has 4 aliphatic rings. The number of hydrogen-bond donors (Lipinski definition) is 2. The molecule has 0 aromatic heterocycles. The third kappa shape index (κ3) is 2.32. The van der Waals surface area contributed by atoms with Gasteiger partial charge in [0.2, 0.25) is 0 Å². The topological polar surface area (TPSA) is 74.6 Å². The molecule has 0 aromatic carbocycles. The molecule has 0 spiro atoms. The van der Waals surface area contributed by atoms with E-state index in [2.05, 4.69) is 0 Å². The fourth-order valence-electron chi connectivity index (χ4n) is 7.33. The van der Waals surface area contributed by atoms with Gasteiger partial charge < -0.3 is 10.2 Å². The molecule has 0 aliphatic heterocycles. The van der Waals surface area contributed by atoms with E-state index in [1.165, 1.54) is 6.08 Å². The molecule has 3 saturated carbocycles. The molecular formula is C21H29FO4. The number of carbonyl (C=O) groups is 2. The predicted octanol–water partition coefficient (Wildman–Crippen LogP) is 2.61. The maximum Gasteiger partial charge on any atom is 0.161 e. The first-order valence-electron chi connectivity index (χ1n) is 9.93. The third-order valence-corrected chi connectivity index (χ3v) is 8.41. The number of carbonyl (C=O) groups excluding carboxylic acids is 2. The summed E-state index contributed by atoms with van der Waals surface area (Å²) in [4.78, 5) is 24.1. The van der Waals surface area contributed by atoms with Crippen molar-refractivity contribution in [1.29, 1.82) is 0 Å². The van der Waals surface area contributed by atoms with Gasteiger partial charge in [0.15, 0.2) is 11.6 Å². The second-order valence-corrected chi connectivity index (χ2v) is 9.51. The molecule has 144 valence electrons. The van der Waals surface area contributed by atoms with Gasteiger partial charge in [-0.05, 0) is 72.3 Å². The van der Waals surface area contributed by atoms with Crippen LogP contribution < -0.4 is 0 Å². The minimum Gasteiger partial charge on any atom is -0.393 e. The van der Waals surface area contributed by atoms with Gasteiger partial charge >= 0.3 is 0 Å². The number of allylic oxidation sites excluding steroid dienone is 1. The van der Waals surface area contributed by atoms with E-state index in [4.69, 9.17) is 0 Å². The largest absolute Gasteiger partial charge is 0.393 e. The van der Waals surface area contributed by atoms with Gasteiger partial charge in [0, 0.05) is 12.3 Å². The van der Waals surface area contributed by atoms with Crippen LogP contribution >= 0.6 is 0 Å². The van der Waals surface area contributed by atoms with E-state index in [0.29, 0.717) is 37.7 Å². The summed E-state index contributed by atoms with van der Waals surface area (Å²) in [6.07, 6.45) is 3.16. The molecule has 26 heavy (non-hydrogen) atoms. The lowest BCUT2D eigenvalue weighted by atomic mass is 9.45. The maximum atomic E-state index is 15.1. The summed E-state index contributed by atoms with van der Waals surface area (Å²) in [5, 5.41) is 20.5. The molecule has 8 atom stereocenters. The van der Waals surface area contributed by atoms with Gasteiger partial charge in [-0.25, -0.2) is 4.39 Å². The minimum absolute atomic E-state index is 0.0109. The van der Waals surface area contributed by atoms with Crippen LogP contribution in [0.3, 0.4) is 0 Å². The van der Waals surface area contributed by atoms with Crippen molar-refractivity contribution in [3.8, 4) is 0 Å². The Kier molecular flexibility index (Phi) is 4.20. The van der Waals surface area contributed by atoms with Gasteiger partial charge in [-0.1, -0.05) is 13.8 Å². The lowest BCUT2D eigenvalue weighted by molar-refractivity contribution is -0.150. The van der Waals surface area contributed by atoms with E-state index in [1.807, 2.05) is 13.8 Å². The Bertz CT molecular complexity index is 673. The van der Waals surface area contributed by atoms with Crippen LogP contribution in [0.15, 0.2) is 11.6 Å². The highest BCUT2D eigenvalue weighted by molar-refractivity contribution is 5.92. The summed E-state index contributed by atoms with van der Waals surface area (Å²) < 4.78 is 15.1. The van der Waals surface area contributed by atoms with Crippen LogP contribution in [0.25, 0.3) is 0 Å². The number of Topliss-reactive ketones (excluding diaryl/α,β-unsaturated/α-hetero) is 1. The molecule has 5 heteroatoms. The lowest BCUT2D eigenvalue weighted by Crippen LogP contribution is -2.59. The SMILES string of the molecule is C[C@]12C[C@H](O)[C@H]3[C@@H](CC(F)C4=CC(=O)CC[C@@]43C)[C@@H]1CC[C@@H]2C(=O)CO. The first kappa shape index (κ1) is 18.3. The van der Waals surface area contributed by atoms with Gasteiger partial charge in [0.25, 0.3) is 0 Å². The highest BCUT2D eigenvalue weighted by Gasteiger charge is 2.64. The molecule has 0 heterocycles. The second kappa shape index (κ2) is 5.96. The molecule has 0 aromatic rings. The van der Waals surface area contributed by atoms with Crippen molar-refractivity contribution >= 4 is 11.6 Å². The zero-order valence-electron chi connectivity index (χ0n) is 15.6. The Labute approximate surface area is 153 Å². The smallest absolute Gasteiger partial charge is 0.161 e. The van der Waals surface area contributed by atoms with E-state index < -0.39 is 24.3 Å². The first-order valence-corrected chi connectivity index (χ1v) is 9.93. The Morgan fingerprint density at radius 1 is 1.35 bits per heavy atom. The van der Waals surface area contributed by atoms with Crippen LogP contribution in [0, 0.1) is 34.5 Å². The standard InChI is InChI=1S/C21H29FO4/c1-20-6-5-11(24)7-15(20)16(22)8-12-13-3-4-14(18(26)10-23)21(13,2)9-17(25)19(12)20/h7,12-14,16-17,19,23,25H,3-6,8-10H2,1-2H3/t12-,13-,14+,16?,17-,19+,20-,21-/m0/s1. The van der Waals surface area contributed by atoms with E-state index in [1.54, 1.807) is 0 Å². The minimum atomic E-state index is -1.15. The van der Waals surface area contributed by atoms with Crippen LogP contribution in [0.5, 0.6) is 0 Å².